The first-order valence-electron chi connectivity index (χ1n) is 8.09. The molecule has 2 aromatic rings. The number of anilines is 1. The molecular weight excluding hydrogens is 349 g/mol. The van der Waals surface area contributed by atoms with Crippen LogP contribution in [0.25, 0.3) is 0 Å². The minimum Gasteiger partial charge on any atom is -0.458 e. The highest BCUT2D eigenvalue weighted by Gasteiger charge is 2.31. The van der Waals surface area contributed by atoms with Gasteiger partial charge in [0.2, 0.25) is 0 Å². The van der Waals surface area contributed by atoms with Crippen molar-refractivity contribution < 1.29 is 22.7 Å². The van der Waals surface area contributed by atoms with E-state index in [-0.39, 0.29) is 17.8 Å². The molecule has 1 unspecified atom stereocenters. The van der Waals surface area contributed by atoms with E-state index in [0.717, 1.165) is 18.6 Å². The van der Waals surface area contributed by atoms with E-state index in [4.69, 9.17) is 4.74 Å². The lowest BCUT2D eigenvalue weighted by atomic mass is 10.1. The van der Waals surface area contributed by atoms with Crippen LogP contribution in [0.1, 0.15) is 18.4 Å². The Morgan fingerprint density at radius 1 is 1.23 bits per heavy atom. The molecule has 0 saturated carbocycles. The summed E-state index contributed by atoms with van der Waals surface area (Å²) in [7, 11) is 0. The van der Waals surface area contributed by atoms with Gasteiger partial charge < -0.3 is 15.0 Å². The number of amides is 2. The second kappa shape index (κ2) is 7.59. The zero-order valence-electron chi connectivity index (χ0n) is 13.7. The average Bonchev–Trinajstić information content (AvgIpc) is 2.62. The van der Waals surface area contributed by atoms with Gasteiger partial charge in [0.1, 0.15) is 6.10 Å². The number of nitrogens with zero attached hydrogens (tertiary/aromatic N) is 3. The third-order valence-corrected chi connectivity index (χ3v) is 3.92. The van der Waals surface area contributed by atoms with Gasteiger partial charge in [-0.15, -0.1) is 0 Å². The number of hydrogen-bond donors (Lipinski definition) is 1. The molecule has 1 aliphatic heterocycles. The molecule has 1 aromatic carbocycles. The van der Waals surface area contributed by atoms with Gasteiger partial charge in [0, 0.05) is 24.6 Å². The molecule has 3 rings (SSSR count). The van der Waals surface area contributed by atoms with Crippen LogP contribution in [0.5, 0.6) is 6.01 Å². The van der Waals surface area contributed by atoms with Gasteiger partial charge in [-0.1, -0.05) is 6.07 Å². The Balaban J connectivity index is 1.61. The van der Waals surface area contributed by atoms with Crippen LogP contribution in [0.15, 0.2) is 42.7 Å². The fourth-order valence-corrected chi connectivity index (χ4v) is 2.69. The Morgan fingerprint density at radius 3 is 2.73 bits per heavy atom. The van der Waals surface area contributed by atoms with Crippen LogP contribution >= 0.6 is 0 Å². The Kier molecular flexibility index (Phi) is 5.24. The van der Waals surface area contributed by atoms with Crippen LogP contribution < -0.4 is 10.1 Å². The summed E-state index contributed by atoms with van der Waals surface area (Å²) in [5.41, 5.74) is -0.712. The number of benzene rings is 1. The van der Waals surface area contributed by atoms with Crippen LogP contribution in [0.4, 0.5) is 23.7 Å². The normalized spacial score (nSPS) is 17.7. The molecule has 1 fully saturated rings. The van der Waals surface area contributed by atoms with Crippen LogP contribution in [0, 0.1) is 0 Å². The van der Waals surface area contributed by atoms with Crippen LogP contribution in [0.3, 0.4) is 0 Å². The predicted molar refractivity (Wildman–Crippen MR) is 87.7 cm³/mol. The van der Waals surface area contributed by atoms with E-state index in [1.165, 1.54) is 17.0 Å². The van der Waals surface area contributed by atoms with Gasteiger partial charge in [0.05, 0.1) is 12.1 Å². The second-order valence-electron chi connectivity index (χ2n) is 5.87. The van der Waals surface area contributed by atoms with E-state index in [1.807, 2.05) is 0 Å². The van der Waals surface area contributed by atoms with Crippen molar-refractivity contribution in [1.82, 2.24) is 14.9 Å². The van der Waals surface area contributed by atoms with Gasteiger partial charge in [-0.25, -0.2) is 14.8 Å². The van der Waals surface area contributed by atoms with Crippen molar-refractivity contribution in [2.45, 2.75) is 25.1 Å². The number of piperidine rings is 1. The quantitative estimate of drug-likeness (QED) is 0.902. The van der Waals surface area contributed by atoms with Crippen molar-refractivity contribution in [1.29, 1.82) is 0 Å². The van der Waals surface area contributed by atoms with Crippen molar-refractivity contribution in [3.05, 3.63) is 48.3 Å². The number of aromatic nitrogens is 2. The summed E-state index contributed by atoms with van der Waals surface area (Å²) in [6.07, 6.45) is -0.148. The topological polar surface area (TPSA) is 67.4 Å². The number of carbonyl (C=O) groups is 1. The zero-order valence-corrected chi connectivity index (χ0v) is 13.7. The number of likely N-dealkylation sites (tertiary alicyclic amines) is 1. The Hall–Kier alpha value is -2.84. The summed E-state index contributed by atoms with van der Waals surface area (Å²) >= 11 is 0. The summed E-state index contributed by atoms with van der Waals surface area (Å²) in [6.45, 7) is 0.809. The number of urea groups is 1. The third-order valence-electron chi connectivity index (χ3n) is 3.92. The summed E-state index contributed by atoms with van der Waals surface area (Å²) in [5.74, 6) is 0. The largest absolute Gasteiger partial charge is 0.458 e. The fourth-order valence-electron chi connectivity index (χ4n) is 2.69. The molecule has 0 spiro atoms. The van der Waals surface area contributed by atoms with Gasteiger partial charge in [-0.05, 0) is 37.1 Å². The molecule has 26 heavy (non-hydrogen) atoms. The predicted octanol–water partition coefficient (Wildman–Crippen LogP) is 3.57. The first kappa shape index (κ1) is 18.0. The fraction of sp³-hybridized carbons (Fsp3) is 0.353. The number of alkyl halides is 3. The molecule has 0 bridgehead atoms. The molecule has 0 aliphatic carbocycles. The molecule has 1 N–H and O–H groups in total. The minimum atomic E-state index is -4.46. The molecular formula is C17H17F3N4O2. The average molecular weight is 366 g/mol. The van der Waals surface area contributed by atoms with Crippen LogP contribution in [-0.2, 0) is 6.18 Å². The maximum atomic E-state index is 12.8. The number of ether oxygens (including phenoxy) is 1. The van der Waals surface area contributed by atoms with E-state index in [2.05, 4.69) is 15.3 Å². The van der Waals surface area contributed by atoms with Gasteiger partial charge in [0.15, 0.2) is 0 Å². The summed E-state index contributed by atoms with van der Waals surface area (Å²) in [4.78, 5) is 21.9. The Bertz CT molecular complexity index is 755. The highest BCUT2D eigenvalue weighted by Crippen LogP contribution is 2.30. The van der Waals surface area contributed by atoms with E-state index >= 15 is 0 Å². The standard InChI is InChI=1S/C17H17F3N4O2/c18-17(19,20)12-4-1-5-13(10-12)23-16(25)24-9-2-6-14(11-24)26-15-21-7-3-8-22-15/h1,3-5,7-8,10,14H,2,6,9,11H2,(H,23,25). The number of nitrogens with one attached hydrogen (secondary N) is 1. The molecule has 6 nitrogen and oxygen atoms in total. The van der Waals surface area contributed by atoms with Crippen molar-refractivity contribution >= 4 is 11.7 Å². The molecule has 9 heteroatoms. The lowest BCUT2D eigenvalue weighted by molar-refractivity contribution is -0.137. The second-order valence-corrected chi connectivity index (χ2v) is 5.87. The molecule has 2 heterocycles. The summed E-state index contributed by atoms with van der Waals surface area (Å²) in [6, 6.07) is 5.98. The molecule has 1 aliphatic rings. The zero-order chi connectivity index (χ0) is 18.6. The maximum Gasteiger partial charge on any atom is 0.416 e. The smallest absolute Gasteiger partial charge is 0.416 e. The summed E-state index contributed by atoms with van der Waals surface area (Å²) < 4.78 is 44.0. The first-order valence-corrected chi connectivity index (χ1v) is 8.09. The van der Waals surface area contributed by atoms with Gasteiger partial charge >= 0.3 is 18.2 Å². The molecule has 1 aromatic heterocycles. The van der Waals surface area contributed by atoms with Crippen LogP contribution in [0.2, 0.25) is 0 Å². The van der Waals surface area contributed by atoms with Gasteiger partial charge in [-0.2, -0.15) is 13.2 Å². The Morgan fingerprint density at radius 2 is 2.00 bits per heavy atom. The first-order chi connectivity index (χ1) is 12.4. The van der Waals surface area contributed by atoms with Crippen molar-refractivity contribution in [2.24, 2.45) is 0 Å². The van der Waals surface area contributed by atoms with Gasteiger partial charge in [-0.3, -0.25) is 0 Å². The maximum absolute atomic E-state index is 12.8. The highest BCUT2D eigenvalue weighted by molar-refractivity contribution is 5.89. The van der Waals surface area contributed by atoms with Crippen molar-refractivity contribution in [3.63, 3.8) is 0 Å². The van der Waals surface area contributed by atoms with E-state index < -0.39 is 17.8 Å². The van der Waals surface area contributed by atoms with Crippen molar-refractivity contribution in [2.75, 3.05) is 18.4 Å². The number of carbonyl (C=O) groups excluding carboxylic acids is 1. The molecule has 0 radical (unpaired) electrons. The van der Waals surface area contributed by atoms with E-state index in [9.17, 15) is 18.0 Å². The monoisotopic (exact) mass is 366 g/mol. The number of halogens is 3. The highest BCUT2D eigenvalue weighted by atomic mass is 19.4. The lowest BCUT2D eigenvalue weighted by Crippen LogP contribution is -2.46. The SMILES string of the molecule is O=C(Nc1cccc(C(F)(F)F)c1)N1CCCC(Oc2ncccn2)C1. The third kappa shape index (κ3) is 4.62. The summed E-state index contributed by atoms with van der Waals surface area (Å²) in [5, 5.41) is 2.51. The molecule has 1 saturated heterocycles. The van der Waals surface area contributed by atoms with Gasteiger partial charge in [0.25, 0.3) is 0 Å². The van der Waals surface area contributed by atoms with Crippen LogP contribution in [-0.4, -0.2) is 40.1 Å². The molecule has 2 amide bonds. The van der Waals surface area contributed by atoms with E-state index in [0.29, 0.717) is 19.5 Å². The van der Waals surface area contributed by atoms with E-state index in [1.54, 1.807) is 18.5 Å². The van der Waals surface area contributed by atoms with Crippen molar-refractivity contribution in [3.8, 4) is 6.01 Å². The minimum absolute atomic E-state index is 0.0965. The number of rotatable bonds is 3. The molecule has 1 atom stereocenters. The lowest BCUT2D eigenvalue weighted by Gasteiger charge is -2.32. The molecule has 138 valence electrons. The Labute approximate surface area is 148 Å². The number of hydrogen-bond acceptors (Lipinski definition) is 4.